The number of ether oxygens (including phenoxy) is 1. The average molecular weight is 179 g/mol. The minimum Gasteiger partial charge on any atom is -0.466 e. The molecule has 0 aromatic rings. The first-order valence-corrected chi connectivity index (χ1v) is 4.13. The highest BCUT2D eigenvalue weighted by atomic mass is 16.5. The van der Waals surface area contributed by atoms with Gasteiger partial charge in [0.05, 0.1) is 7.11 Å². The first-order valence-electron chi connectivity index (χ1n) is 4.13. The normalized spacial score (nSPS) is 16.7. The van der Waals surface area contributed by atoms with Gasteiger partial charge in [-0.1, -0.05) is 12.2 Å². The molecule has 0 fully saturated rings. The Labute approximate surface area is 77.6 Å². The maximum Gasteiger partial charge on any atom is 0.330 e. The molecule has 13 heavy (non-hydrogen) atoms. The average Bonchev–Trinajstić information content (AvgIpc) is 2.16. The summed E-state index contributed by atoms with van der Waals surface area (Å²) in [5.41, 5.74) is 7.56. The third kappa shape index (κ3) is 3.15. The maximum atomic E-state index is 10.7. The number of allylic oxidation sites excluding steroid dienone is 5. The molecule has 2 N–H and O–H groups in total. The third-order valence-corrected chi connectivity index (χ3v) is 1.85. The Kier molecular flexibility index (Phi) is 3.31. The van der Waals surface area contributed by atoms with E-state index in [0.29, 0.717) is 0 Å². The smallest absolute Gasteiger partial charge is 0.330 e. The van der Waals surface area contributed by atoms with Gasteiger partial charge in [-0.2, -0.15) is 0 Å². The molecule has 0 bridgehead atoms. The van der Waals surface area contributed by atoms with E-state index >= 15 is 0 Å². The van der Waals surface area contributed by atoms with Crippen molar-refractivity contribution < 1.29 is 9.53 Å². The van der Waals surface area contributed by atoms with Crippen LogP contribution >= 0.6 is 0 Å². The third-order valence-electron chi connectivity index (χ3n) is 1.85. The van der Waals surface area contributed by atoms with Crippen LogP contribution in [0.2, 0.25) is 0 Å². The van der Waals surface area contributed by atoms with Crippen LogP contribution in [-0.4, -0.2) is 13.1 Å². The van der Waals surface area contributed by atoms with Crippen molar-refractivity contribution in [3.63, 3.8) is 0 Å². The highest BCUT2D eigenvalue weighted by Gasteiger charge is 2.01. The zero-order valence-corrected chi connectivity index (χ0v) is 7.62. The minimum absolute atomic E-state index is 0.330. The molecule has 1 rings (SSSR count). The summed E-state index contributed by atoms with van der Waals surface area (Å²) < 4.78 is 4.47. The van der Waals surface area contributed by atoms with Crippen LogP contribution in [0.5, 0.6) is 0 Å². The second kappa shape index (κ2) is 4.50. The van der Waals surface area contributed by atoms with Gasteiger partial charge >= 0.3 is 5.97 Å². The van der Waals surface area contributed by atoms with Gasteiger partial charge in [0.25, 0.3) is 0 Å². The van der Waals surface area contributed by atoms with E-state index in [4.69, 9.17) is 5.73 Å². The van der Waals surface area contributed by atoms with Crippen LogP contribution in [0.3, 0.4) is 0 Å². The zero-order valence-electron chi connectivity index (χ0n) is 7.62. The van der Waals surface area contributed by atoms with Crippen molar-refractivity contribution in [2.75, 3.05) is 7.11 Å². The summed E-state index contributed by atoms with van der Waals surface area (Å²) in [6.07, 6.45) is 8.70. The predicted molar refractivity (Wildman–Crippen MR) is 50.7 cm³/mol. The molecule has 0 spiro atoms. The Morgan fingerprint density at radius 3 is 2.85 bits per heavy atom. The highest BCUT2D eigenvalue weighted by Crippen LogP contribution is 2.15. The van der Waals surface area contributed by atoms with Crippen molar-refractivity contribution in [1.29, 1.82) is 0 Å². The first kappa shape index (κ1) is 9.58. The summed E-state index contributed by atoms with van der Waals surface area (Å²) >= 11 is 0. The fourth-order valence-corrected chi connectivity index (χ4v) is 1.05. The van der Waals surface area contributed by atoms with Crippen LogP contribution in [0.25, 0.3) is 0 Å². The summed E-state index contributed by atoms with van der Waals surface area (Å²) in [5, 5.41) is 0. The molecule has 0 amide bonds. The maximum absolute atomic E-state index is 10.7. The van der Waals surface area contributed by atoms with Crippen LogP contribution in [0.4, 0.5) is 0 Å². The van der Waals surface area contributed by atoms with Crippen molar-refractivity contribution in [1.82, 2.24) is 0 Å². The number of nitrogens with two attached hydrogens (primary N) is 1. The fourth-order valence-electron chi connectivity index (χ4n) is 1.05. The van der Waals surface area contributed by atoms with Crippen molar-refractivity contribution in [3.8, 4) is 0 Å². The van der Waals surface area contributed by atoms with Crippen molar-refractivity contribution in [2.24, 2.45) is 5.73 Å². The van der Waals surface area contributed by atoms with Crippen LogP contribution in [0.1, 0.15) is 12.8 Å². The molecule has 0 aromatic heterocycles. The molecule has 3 nitrogen and oxygen atoms in total. The van der Waals surface area contributed by atoms with Gasteiger partial charge in [0.15, 0.2) is 0 Å². The van der Waals surface area contributed by atoms with Crippen LogP contribution in [0.15, 0.2) is 35.6 Å². The quantitative estimate of drug-likeness (QED) is 0.513. The summed E-state index contributed by atoms with van der Waals surface area (Å²) in [4.78, 5) is 10.7. The molecular weight excluding hydrogens is 166 g/mol. The number of hydrogen-bond donors (Lipinski definition) is 1. The standard InChI is InChI=1S/C10H13NO2/c1-13-10(12)7-4-8-2-5-9(11)6-3-8/h2,4-5,7H,3,6,11H2,1H3/b7-4+. The van der Waals surface area contributed by atoms with Gasteiger partial charge in [-0.3, -0.25) is 0 Å². The lowest BCUT2D eigenvalue weighted by atomic mass is 10.0. The monoisotopic (exact) mass is 179 g/mol. The van der Waals surface area contributed by atoms with Crippen molar-refractivity contribution in [3.05, 3.63) is 35.6 Å². The lowest BCUT2D eigenvalue weighted by Gasteiger charge is -2.07. The molecule has 70 valence electrons. The van der Waals surface area contributed by atoms with Gasteiger partial charge in [0, 0.05) is 11.8 Å². The lowest BCUT2D eigenvalue weighted by molar-refractivity contribution is -0.134. The van der Waals surface area contributed by atoms with E-state index < -0.39 is 0 Å². The Morgan fingerprint density at radius 2 is 2.31 bits per heavy atom. The van der Waals surface area contributed by atoms with Gasteiger partial charge in [0.2, 0.25) is 0 Å². The van der Waals surface area contributed by atoms with Crippen molar-refractivity contribution in [2.45, 2.75) is 12.8 Å². The summed E-state index contributed by atoms with van der Waals surface area (Å²) in [6, 6.07) is 0. The molecule has 3 heteroatoms. The van der Waals surface area contributed by atoms with E-state index in [1.165, 1.54) is 13.2 Å². The molecule has 1 aliphatic rings. The first-order chi connectivity index (χ1) is 6.22. The van der Waals surface area contributed by atoms with Gasteiger partial charge in [-0.05, 0) is 24.5 Å². The van der Waals surface area contributed by atoms with Gasteiger partial charge in [-0.25, -0.2) is 4.79 Å². The summed E-state index contributed by atoms with van der Waals surface area (Å²) in [5.74, 6) is -0.330. The van der Waals surface area contributed by atoms with Gasteiger partial charge in [-0.15, -0.1) is 0 Å². The lowest BCUT2D eigenvalue weighted by Crippen LogP contribution is -2.01. The minimum atomic E-state index is -0.330. The molecule has 1 aliphatic carbocycles. The number of methoxy groups -OCH3 is 1. The molecule has 0 aliphatic heterocycles. The van der Waals surface area contributed by atoms with E-state index in [1.807, 2.05) is 12.2 Å². The van der Waals surface area contributed by atoms with E-state index in [9.17, 15) is 4.79 Å². The Bertz CT molecular complexity index is 287. The number of carbonyl (C=O) groups excluding carboxylic acids is 1. The summed E-state index contributed by atoms with van der Waals surface area (Å²) in [7, 11) is 1.36. The van der Waals surface area contributed by atoms with Crippen LogP contribution < -0.4 is 5.73 Å². The highest BCUT2D eigenvalue weighted by molar-refractivity contribution is 5.82. The molecule has 0 heterocycles. The van der Waals surface area contributed by atoms with Crippen LogP contribution in [0, 0.1) is 0 Å². The number of rotatable bonds is 2. The second-order valence-electron chi connectivity index (χ2n) is 2.84. The van der Waals surface area contributed by atoms with Gasteiger partial charge in [0.1, 0.15) is 0 Å². The van der Waals surface area contributed by atoms with E-state index in [1.54, 1.807) is 6.08 Å². The number of hydrogen-bond acceptors (Lipinski definition) is 3. The molecule has 0 aromatic carbocycles. The Hall–Kier alpha value is -1.51. The Balaban J connectivity index is 2.55. The van der Waals surface area contributed by atoms with Crippen molar-refractivity contribution >= 4 is 5.97 Å². The zero-order chi connectivity index (χ0) is 9.68. The van der Waals surface area contributed by atoms with E-state index in [0.717, 1.165) is 24.1 Å². The molecule has 0 unspecified atom stereocenters. The molecule has 0 radical (unpaired) electrons. The van der Waals surface area contributed by atoms with Crippen LogP contribution in [-0.2, 0) is 9.53 Å². The molecule has 0 saturated carbocycles. The predicted octanol–water partition coefficient (Wildman–Crippen LogP) is 1.28. The largest absolute Gasteiger partial charge is 0.466 e. The molecular formula is C10H13NO2. The topological polar surface area (TPSA) is 52.3 Å². The Morgan fingerprint density at radius 1 is 1.54 bits per heavy atom. The number of carbonyl (C=O) groups is 1. The fraction of sp³-hybridized carbons (Fsp3) is 0.300. The van der Waals surface area contributed by atoms with E-state index in [2.05, 4.69) is 4.74 Å². The summed E-state index contributed by atoms with van der Waals surface area (Å²) in [6.45, 7) is 0. The molecule has 0 atom stereocenters. The van der Waals surface area contributed by atoms with Gasteiger partial charge < -0.3 is 10.5 Å². The second-order valence-corrected chi connectivity index (χ2v) is 2.84. The molecule has 0 saturated heterocycles. The van der Waals surface area contributed by atoms with E-state index in [-0.39, 0.29) is 5.97 Å². The SMILES string of the molecule is COC(=O)/C=C/C1=CC=C(N)CC1. The number of esters is 1.